The standard InChI is InChI=1S/C12H16FN3O2/c1-7(2)10(11(14)16-18)12(17)15-9-5-3-8(13)4-6-9/h3-7,10,18H,1-2H3,(H2,14,16)(H,15,17). The zero-order valence-electron chi connectivity index (χ0n) is 10.2. The molecule has 0 fully saturated rings. The van der Waals surface area contributed by atoms with Gasteiger partial charge in [0.05, 0.1) is 0 Å². The molecule has 1 amide bonds. The number of amidine groups is 1. The van der Waals surface area contributed by atoms with E-state index in [4.69, 9.17) is 10.9 Å². The van der Waals surface area contributed by atoms with Crippen LogP contribution in [-0.2, 0) is 4.79 Å². The summed E-state index contributed by atoms with van der Waals surface area (Å²) in [5.41, 5.74) is 5.93. The van der Waals surface area contributed by atoms with Gasteiger partial charge >= 0.3 is 0 Å². The van der Waals surface area contributed by atoms with Crippen molar-refractivity contribution in [2.75, 3.05) is 5.32 Å². The molecule has 0 spiro atoms. The molecule has 1 unspecified atom stereocenters. The topological polar surface area (TPSA) is 87.7 Å². The molecule has 0 aromatic heterocycles. The molecule has 6 heteroatoms. The highest BCUT2D eigenvalue weighted by molar-refractivity contribution is 6.07. The molecule has 0 aliphatic heterocycles. The second-order valence-corrected chi connectivity index (χ2v) is 4.24. The Bertz CT molecular complexity index is 443. The average Bonchev–Trinajstić information content (AvgIpc) is 2.31. The van der Waals surface area contributed by atoms with Crippen LogP contribution in [0.25, 0.3) is 0 Å². The van der Waals surface area contributed by atoms with Gasteiger partial charge in [-0.25, -0.2) is 4.39 Å². The Kier molecular flexibility index (Phi) is 4.65. The van der Waals surface area contributed by atoms with Crippen LogP contribution in [0.5, 0.6) is 0 Å². The number of nitrogens with one attached hydrogen (secondary N) is 1. The molecule has 0 bridgehead atoms. The minimum absolute atomic E-state index is 0.124. The van der Waals surface area contributed by atoms with Crippen LogP contribution in [0.1, 0.15) is 13.8 Å². The Labute approximate surface area is 104 Å². The fourth-order valence-corrected chi connectivity index (χ4v) is 1.59. The fourth-order valence-electron chi connectivity index (χ4n) is 1.59. The Morgan fingerprint density at radius 1 is 1.39 bits per heavy atom. The van der Waals surface area contributed by atoms with E-state index in [1.807, 2.05) is 0 Å². The maximum absolute atomic E-state index is 12.7. The molecule has 0 saturated heterocycles. The SMILES string of the molecule is CC(C)C(C(=O)Nc1ccc(F)cc1)C(N)=NO. The highest BCUT2D eigenvalue weighted by atomic mass is 19.1. The number of carbonyl (C=O) groups excluding carboxylic acids is 1. The number of rotatable bonds is 4. The number of carbonyl (C=O) groups is 1. The quantitative estimate of drug-likeness (QED) is 0.331. The molecule has 0 radical (unpaired) electrons. The zero-order valence-corrected chi connectivity index (χ0v) is 10.2. The van der Waals surface area contributed by atoms with Crippen molar-refractivity contribution in [1.29, 1.82) is 0 Å². The molecule has 0 heterocycles. The van der Waals surface area contributed by atoms with Crippen LogP contribution in [0.2, 0.25) is 0 Å². The third kappa shape index (κ3) is 3.44. The van der Waals surface area contributed by atoms with Gasteiger partial charge in [0.15, 0.2) is 5.84 Å². The number of nitrogens with zero attached hydrogens (tertiary/aromatic N) is 1. The van der Waals surface area contributed by atoms with Gasteiger partial charge in [0.2, 0.25) is 5.91 Å². The number of hydrogen-bond acceptors (Lipinski definition) is 3. The Morgan fingerprint density at radius 3 is 2.39 bits per heavy atom. The number of oxime groups is 1. The number of benzene rings is 1. The van der Waals surface area contributed by atoms with Crippen LogP contribution in [0.3, 0.4) is 0 Å². The number of halogens is 1. The summed E-state index contributed by atoms with van der Waals surface area (Å²) in [4.78, 5) is 12.0. The molecular weight excluding hydrogens is 237 g/mol. The van der Waals surface area contributed by atoms with Crippen LogP contribution in [0.15, 0.2) is 29.4 Å². The van der Waals surface area contributed by atoms with E-state index in [0.717, 1.165) is 0 Å². The predicted molar refractivity (Wildman–Crippen MR) is 66.8 cm³/mol. The van der Waals surface area contributed by atoms with Crippen LogP contribution in [-0.4, -0.2) is 17.0 Å². The maximum atomic E-state index is 12.7. The van der Waals surface area contributed by atoms with Gasteiger partial charge in [0.1, 0.15) is 11.7 Å². The van der Waals surface area contributed by atoms with Gasteiger partial charge in [-0.05, 0) is 30.2 Å². The number of anilines is 1. The van der Waals surface area contributed by atoms with Crippen molar-refractivity contribution >= 4 is 17.4 Å². The van der Waals surface area contributed by atoms with E-state index in [9.17, 15) is 9.18 Å². The van der Waals surface area contributed by atoms with Crippen molar-refractivity contribution in [2.24, 2.45) is 22.7 Å². The van der Waals surface area contributed by atoms with Crippen molar-refractivity contribution in [3.05, 3.63) is 30.1 Å². The molecule has 18 heavy (non-hydrogen) atoms. The smallest absolute Gasteiger partial charge is 0.235 e. The largest absolute Gasteiger partial charge is 0.409 e. The number of hydrogen-bond donors (Lipinski definition) is 3. The van der Waals surface area contributed by atoms with E-state index in [1.165, 1.54) is 24.3 Å². The molecule has 4 N–H and O–H groups in total. The molecule has 1 atom stereocenters. The zero-order chi connectivity index (χ0) is 13.7. The van der Waals surface area contributed by atoms with Gasteiger partial charge in [-0.3, -0.25) is 4.79 Å². The average molecular weight is 253 g/mol. The van der Waals surface area contributed by atoms with Gasteiger partial charge in [-0.2, -0.15) is 0 Å². The van der Waals surface area contributed by atoms with Gasteiger partial charge in [0, 0.05) is 5.69 Å². The van der Waals surface area contributed by atoms with E-state index in [1.54, 1.807) is 13.8 Å². The summed E-state index contributed by atoms with van der Waals surface area (Å²) in [6.07, 6.45) is 0. The summed E-state index contributed by atoms with van der Waals surface area (Å²) in [7, 11) is 0. The van der Waals surface area contributed by atoms with Crippen molar-refractivity contribution in [1.82, 2.24) is 0 Å². The first-order chi connectivity index (χ1) is 8.45. The molecular formula is C12H16FN3O2. The normalized spacial score (nSPS) is 13.4. The van der Waals surface area contributed by atoms with Crippen LogP contribution >= 0.6 is 0 Å². The minimum atomic E-state index is -0.736. The van der Waals surface area contributed by atoms with Crippen LogP contribution in [0.4, 0.5) is 10.1 Å². The molecule has 1 rings (SSSR count). The monoisotopic (exact) mass is 253 g/mol. The van der Waals surface area contributed by atoms with E-state index in [2.05, 4.69) is 10.5 Å². The molecule has 0 aliphatic rings. The highest BCUT2D eigenvalue weighted by Gasteiger charge is 2.26. The molecule has 1 aromatic rings. The van der Waals surface area contributed by atoms with Crippen LogP contribution in [0, 0.1) is 17.7 Å². The second-order valence-electron chi connectivity index (χ2n) is 4.24. The lowest BCUT2D eigenvalue weighted by Gasteiger charge is -2.18. The lowest BCUT2D eigenvalue weighted by Crippen LogP contribution is -2.38. The predicted octanol–water partition coefficient (Wildman–Crippen LogP) is 1.78. The molecule has 5 nitrogen and oxygen atoms in total. The van der Waals surface area contributed by atoms with Crippen molar-refractivity contribution in [2.45, 2.75) is 13.8 Å². The van der Waals surface area contributed by atoms with Gasteiger partial charge in [-0.1, -0.05) is 19.0 Å². The Balaban J connectivity index is 2.82. The first-order valence-corrected chi connectivity index (χ1v) is 5.49. The lowest BCUT2D eigenvalue weighted by atomic mass is 9.94. The van der Waals surface area contributed by atoms with Crippen molar-refractivity contribution < 1.29 is 14.4 Å². The fraction of sp³-hybridized carbons (Fsp3) is 0.333. The minimum Gasteiger partial charge on any atom is -0.409 e. The maximum Gasteiger partial charge on any atom is 0.235 e. The van der Waals surface area contributed by atoms with Gasteiger partial charge in [0.25, 0.3) is 0 Å². The molecule has 0 aliphatic carbocycles. The third-order valence-corrected chi connectivity index (χ3v) is 2.50. The summed E-state index contributed by atoms with van der Waals surface area (Å²) in [6.45, 7) is 3.57. The second kappa shape index (κ2) is 6.00. The Hall–Kier alpha value is -2.11. The van der Waals surface area contributed by atoms with Crippen LogP contribution < -0.4 is 11.1 Å². The summed E-state index contributed by atoms with van der Waals surface area (Å²) < 4.78 is 12.7. The van der Waals surface area contributed by atoms with E-state index in [0.29, 0.717) is 5.69 Å². The first kappa shape index (κ1) is 14.0. The summed E-state index contributed by atoms with van der Waals surface area (Å²) in [5.74, 6) is -1.79. The summed E-state index contributed by atoms with van der Waals surface area (Å²) >= 11 is 0. The van der Waals surface area contributed by atoms with Gasteiger partial charge in [-0.15, -0.1) is 0 Å². The highest BCUT2D eigenvalue weighted by Crippen LogP contribution is 2.15. The molecule has 1 aromatic carbocycles. The van der Waals surface area contributed by atoms with Gasteiger partial charge < -0.3 is 16.3 Å². The molecule has 98 valence electrons. The lowest BCUT2D eigenvalue weighted by molar-refractivity contribution is -0.119. The number of amides is 1. The Morgan fingerprint density at radius 2 is 1.94 bits per heavy atom. The molecule has 0 saturated carbocycles. The van der Waals surface area contributed by atoms with E-state index < -0.39 is 11.8 Å². The van der Waals surface area contributed by atoms with Crippen molar-refractivity contribution in [3.63, 3.8) is 0 Å². The van der Waals surface area contributed by atoms with E-state index >= 15 is 0 Å². The summed E-state index contributed by atoms with van der Waals surface area (Å²) in [6, 6.07) is 5.36. The third-order valence-electron chi connectivity index (χ3n) is 2.50. The first-order valence-electron chi connectivity index (χ1n) is 5.49. The number of nitrogens with two attached hydrogens (primary N) is 1. The van der Waals surface area contributed by atoms with Crippen molar-refractivity contribution in [3.8, 4) is 0 Å². The summed E-state index contributed by atoms with van der Waals surface area (Å²) in [5, 5.41) is 14.1. The van der Waals surface area contributed by atoms with E-state index in [-0.39, 0.29) is 17.6 Å².